The molecular formula is C16H18O. The molecule has 0 aromatic heterocycles. The van der Waals surface area contributed by atoms with Crippen LogP contribution in [0.3, 0.4) is 0 Å². The molecule has 3 rings (SSSR count). The summed E-state index contributed by atoms with van der Waals surface area (Å²) in [6.45, 7) is 1.82. The highest BCUT2D eigenvalue weighted by atomic mass is 16.5. The third kappa shape index (κ3) is 2.34. The topological polar surface area (TPSA) is 9.23 Å². The van der Waals surface area contributed by atoms with Gasteiger partial charge in [0.25, 0.3) is 0 Å². The zero-order valence-corrected chi connectivity index (χ0v) is 10.1. The van der Waals surface area contributed by atoms with Gasteiger partial charge in [0, 0.05) is 13.2 Å². The summed E-state index contributed by atoms with van der Waals surface area (Å²) in [5, 5.41) is 2.73. The Labute approximate surface area is 102 Å². The Balaban J connectivity index is 2.06. The molecular weight excluding hydrogens is 208 g/mol. The van der Waals surface area contributed by atoms with E-state index < -0.39 is 0 Å². The monoisotopic (exact) mass is 226 g/mol. The van der Waals surface area contributed by atoms with Crippen LogP contribution in [0.2, 0.25) is 0 Å². The number of aryl methyl sites for hydroxylation is 2. The van der Waals surface area contributed by atoms with Crippen molar-refractivity contribution in [3.05, 3.63) is 47.5 Å². The molecule has 1 heterocycles. The Hall–Kier alpha value is -1.34. The molecule has 0 saturated heterocycles. The van der Waals surface area contributed by atoms with E-state index in [1.165, 1.54) is 21.9 Å². The van der Waals surface area contributed by atoms with Crippen LogP contribution in [-0.2, 0) is 17.6 Å². The molecule has 0 N–H and O–H groups in total. The van der Waals surface area contributed by atoms with Crippen LogP contribution in [0.4, 0.5) is 0 Å². The average molecular weight is 226 g/mol. The van der Waals surface area contributed by atoms with E-state index in [-0.39, 0.29) is 0 Å². The van der Waals surface area contributed by atoms with E-state index in [0.29, 0.717) is 0 Å². The SMILES string of the molecule is c1ccc2cc3c(cc2c1)CCCOCCC3. The zero-order valence-electron chi connectivity index (χ0n) is 10.1. The first kappa shape index (κ1) is 10.8. The lowest BCUT2D eigenvalue weighted by atomic mass is 9.95. The quantitative estimate of drug-likeness (QED) is 0.665. The molecule has 2 aromatic carbocycles. The van der Waals surface area contributed by atoms with Crippen molar-refractivity contribution in [2.24, 2.45) is 0 Å². The minimum absolute atomic E-state index is 0.909. The molecule has 0 unspecified atom stereocenters. The van der Waals surface area contributed by atoms with Crippen molar-refractivity contribution >= 4 is 10.8 Å². The van der Waals surface area contributed by atoms with Gasteiger partial charge in [0.2, 0.25) is 0 Å². The van der Waals surface area contributed by atoms with Crippen LogP contribution in [0.15, 0.2) is 36.4 Å². The largest absolute Gasteiger partial charge is 0.381 e. The van der Waals surface area contributed by atoms with Gasteiger partial charge in [-0.2, -0.15) is 0 Å². The molecule has 17 heavy (non-hydrogen) atoms. The van der Waals surface area contributed by atoms with Gasteiger partial charge in [0.15, 0.2) is 0 Å². The highest BCUT2D eigenvalue weighted by Gasteiger charge is 2.07. The lowest BCUT2D eigenvalue weighted by Crippen LogP contribution is -1.96. The Bertz CT molecular complexity index is 469. The van der Waals surface area contributed by atoms with Crippen molar-refractivity contribution in [2.45, 2.75) is 25.7 Å². The fraction of sp³-hybridized carbons (Fsp3) is 0.375. The first-order valence-electron chi connectivity index (χ1n) is 6.52. The highest BCUT2D eigenvalue weighted by molar-refractivity contribution is 5.84. The van der Waals surface area contributed by atoms with Gasteiger partial charge >= 0.3 is 0 Å². The fourth-order valence-corrected chi connectivity index (χ4v) is 2.63. The summed E-state index contributed by atoms with van der Waals surface area (Å²) in [5.74, 6) is 0. The summed E-state index contributed by atoms with van der Waals surface area (Å²) < 4.78 is 5.58. The lowest BCUT2D eigenvalue weighted by molar-refractivity contribution is 0.131. The number of hydrogen-bond acceptors (Lipinski definition) is 1. The molecule has 1 nitrogen and oxygen atoms in total. The minimum Gasteiger partial charge on any atom is -0.381 e. The summed E-state index contributed by atoms with van der Waals surface area (Å²) in [6.07, 6.45) is 4.59. The molecule has 0 spiro atoms. The van der Waals surface area contributed by atoms with Crippen LogP contribution >= 0.6 is 0 Å². The maximum atomic E-state index is 5.58. The number of benzene rings is 2. The second kappa shape index (κ2) is 4.89. The van der Waals surface area contributed by atoms with Crippen molar-refractivity contribution in [1.29, 1.82) is 0 Å². The maximum Gasteiger partial charge on any atom is 0.0469 e. The molecule has 1 aliphatic heterocycles. The van der Waals surface area contributed by atoms with Crippen LogP contribution in [-0.4, -0.2) is 13.2 Å². The van der Waals surface area contributed by atoms with Crippen molar-refractivity contribution in [3.8, 4) is 0 Å². The van der Waals surface area contributed by atoms with Crippen LogP contribution in [0.1, 0.15) is 24.0 Å². The van der Waals surface area contributed by atoms with E-state index in [1.54, 1.807) is 0 Å². The Morgan fingerprint density at radius 2 is 1.29 bits per heavy atom. The summed E-state index contributed by atoms with van der Waals surface area (Å²) in [7, 11) is 0. The van der Waals surface area contributed by atoms with E-state index in [0.717, 1.165) is 38.9 Å². The number of fused-ring (bicyclic) bond motifs is 2. The predicted molar refractivity (Wildman–Crippen MR) is 71.4 cm³/mol. The Morgan fingerprint density at radius 1 is 0.765 bits per heavy atom. The maximum absolute atomic E-state index is 5.58. The standard InChI is InChI=1S/C16H18O/c1-2-6-14-12-16-8-4-10-17-9-3-7-15(16)11-13(14)5-1/h1-2,5-6,11-12H,3-4,7-10H2. The molecule has 0 aliphatic carbocycles. The molecule has 0 atom stereocenters. The van der Waals surface area contributed by atoms with Gasteiger partial charge in [-0.15, -0.1) is 0 Å². The first-order valence-corrected chi connectivity index (χ1v) is 6.52. The van der Waals surface area contributed by atoms with Crippen LogP contribution in [0.5, 0.6) is 0 Å². The summed E-state index contributed by atoms with van der Waals surface area (Å²) >= 11 is 0. The Morgan fingerprint density at radius 3 is 1.82 bits per heavy atom. The number of rotatable bonds is 0. The Kier molecular flexibility index (Phi) is 3.10. The molecule has 1 heteroatoms. The number of ether oxygens (including phenoxy) is 1. The van der Waals surface area contributed by atoms with Crippen LogP contribution < -0.4 is 0 Å². The summed E-state index contributed by atoms with van der Waals surface area (Å²) in [6, 6.07) is 13.4. The first-order chi connectivity index (χ1) is 8.43. The lowest BCUT2D eigenvalue weighted by Gasteiger charge is -2.09. The van der Waals surface area contributed by atoms with Crippen LogP contribution in [0.25, 0.3) is 10.8 Å². The van der Waals surface area contributed by atoms with Gasteiger partial charge in [-0.25, -0.2) is 0 Å². The molecule has 0 bridgehead atoms. The fourth-order valence-electron chi connectivity index (χ4n) is 2.63. The predicted octanol–water partition coefficient (Wildman–Crippen LogP) is 3.74. The smallest absolute Gasteiger partial charge is 0.0469 e. The normalized spacial score (nSPS) is 16.9. The van der Waals surface area contributed by atoms with E-state index >= 15 is 0 Å². The summed E-state index contributed by atoms with van der Waals surface area (Å²) in [4.78, 5) is 0. The summed E-state index contributed by atoms with van der Waals surface area (Å²) in [5.41, 5.74) is 3.04. The van der Waals surface area contributed by atoms with E-state index in [2.05, 4.69) is 36.4 Å². The van der Waals surface area contributed by atoms with Gasteiger partial charge < -0.3 is 4.74 Å². The second-order valence-electron chi connectivity index (χ2n) is 4.79. The molecule has 1 aliphatic rings. The number of hydrogen-bond donors (Lipinski definition) is 0. The molecule has 0 amide bonds. The molecule has 0 radical (unpaired) electrons. The zero-order chi connectivity index (χ0) is 11.5. The van der Waals surface area contributed by atoms with E-state index in [1.807, 2.05) is 0 Å². The van der Waals surface area contributed by atoms with Gasteiger partial charge in [0.1, 0.15) is 0 Å². The molecule has 0 fully saturated rings. The third-order valence-corrected chi connectivity index (χ3v) is 3.54. The van der Waals surface area contributed by atoms with Gasteiger partial charge in [0.05, 0.1) is 0 Å². The molecule has 88 valence electrons. The van der Waals surface area contributed by atoms with Crippen molar-refractivity contribution in [1.82, 2.24) is 0 Å². The third-order valence-electron chi connectivity index (χ3n) is 3.54. The minimum atomic E-state index is 0.909. The molecule has 0 saturated carbocycles. The van der Waals surface area contributed by atoms with E-state index in [9.17, 15) is 0 Å². The van der Waals surface area contributed by atoms with Crippen molar-refractivity contribution in [3.63, 3.8) is 0 Å². The van der Waals surface area contributed by atoms with Crippen molar-refractivity contribution in [2.75, 3.05) is 13.2 Å². The highest BCUT2D eigenvalue weighted by Crippen LogP contribution is 2.23. The van der Waals surface area contributed by atoms with Gasteiger partial charge in [-0.1, -0.05) is 36.4 Å². The van der Waals surface area contributed by atoms with Crippen molar-refractivity contribution < 1.29 is 4.74 Å². The second-order valence-corrected chi connectivity index (χ2v) is 4.79. The van der Waals surface area contributed by atoms with Gasteiger partial charge in [-0.05, 0) is 47.6 Å². The average Bonchev–Trinajstić information content (AvgIpc) is 2.47. The van der Waals surface area contributed by atoms with E-state index in [4.69, 9.17) is 4.74 Å². The molecule has 2 aromatic rings. The van der Waals surface area contributed by atoms with Gasteiger partial charge in [-0.3, -0.25) is 0 Å². The van der Waals surface area contributed by atoms with Crippen LogP contribution in [0, 0.1) is 0 Å².